The lowest BCUT2D eigenvalue weighted by Crippen LogP contribution is -2.31. The van der Waals surface area contributed by atoms with Crippen LogP contribution in [-0.2, 0) is 35.0 Å². The first-order valence-electron chi connectivity index (χ1n) is 25.2. The lowest BCUT2D eigenvalue weighted by atomic mass is 10.0. The molecule has 0 fully saturated rings. The Labute approximate surface area is 391 Å². The van der Waals surface area contributed by atoms with Crippen LogP contribution in [0.5, 0.6) is 5.75 Å². The second-order valence-corrected chi connectivity index (χ2v) is 18.2. The maximum Gasteiger partial charge on any atom is 0.310 e. The van der Waals surface area contributed by atoms with Crippen molar-refractivity contribution in [2.75, 3.05) is 20.3 Å². The molecular formula is C54H82ClNO8. The highest BCUT2D eigenvalue weighted by atomic mass is 35.5. The lowest BCUT2D eigenvalue weighted by Gasteiger charge is -2.18. The molecule has 0 aliphatic carbocycles. The van der Waals surface area contributed by atoms with Gasteiger partial charge in [-0.15, -0.1) is 0 Å². The minimum atomic E-state index is -0.988. The summed E-state index contributed by atoms with van der Waals surface area (Å²) in [6.07, 6.45) is 31.0. The fraction of sp³-hybridized carbons (Fsp3) is 0.667. The van der Waals surface area contributed by atoms with Gasteiger partial charge in [0.15, 0.2) is 6.10 Å². The second kappa shape index (κ2) is 33.6. The third-order valence-electron chi connectivity index (χ3n) is 12.3. The number of ether oxygens (including phenoxy) is 4. The minimum absolute atomic E-state index is 0.174. The molecule has 0 aliphatic heterocycles. The fourth-order valence-electron chi connectivity index (χ4n) is 8.37. The van der Waals surface area contributed by atoms with Gasteiger partial charge in [0, 0.05) is 34.5 Å². The summed E-state index contributed by atoms with van der Waals surface area (Å²) >= 11 is 6.10. The van der Waals surface area contributed by atoms with Crippen LogP contribution in [0.1, 0.15) is 215 Å². The third kappa shape index (κ3) is 21.9. The largest absolute Gasteiger partial charge is 0.497 e. The van der Waals surface area contributed by atoms with Crippen molar-refractivity contribution in [2.24, 2.45) is 0 Å². The van der Waals surface area contributed by atoms with Gasteiger partial charge in [0.25, 0.3) is 5.91 Å². The number of halogens is 1. The Morgan fingerprint density at radius 2 is 0.984 bits per heavy atom. The van der Waals surface area contributed by atoms with Gasteiger partial charge in [0.2, 0.25) is 0 Å². The SMILES string of the molecule is CCCCCCCCCCCCCCCC(=O)OCC(COC(=O)CCCCCCCCCCCCCCC)OC(=O)Cc1c(C)n(C(=O)c2ccc(Cl)cc2)c2ccc(OC)cc12. The minimum Gasteiger partial charge on any atom is -0.497 e. The zero-order valence-corrected chi connectivity index (χ0v) is 40.9. The van der Waals surface area contributed by atoms with E-state index in [1.54, 1.807) is 61.1 Å². The van der Waals surface area contributed by atoms with E-state index in [-0.39, 0.29) is 50.3 Å². The van der Waals surface area contributed by atoms with Gasteiger partial charge in [-0.1, -0.05) is 180 Å². The average molecular weight is 909 g/mol. The van der Waals surface area contributed by atoms with Gasteiger partial charge in [-0.25, -0.2) is 0 Å². The maximum absolute atomic E-state index is 13.8. The predicted molar refractivity (Wildman–Crippen MR) is 261 cm³/mol. The van der Waals surface area contributed by atoms with Crippen molar-refractivity contribution >= 4 is 46.3 Å². The highest BCUT2D eigenvalue weighted by molar-refractivity contribution is 6.30. The predicted octanol–water partition coefficient (Wildman–Crippen LogP) is 14.8. The van der Waals surface area contributed by atoms with Crippen LogP contribution in [0.25, 0.3) is 10.9 Å². The van der Waals surface area contributed by atoms with Gasteiger partial charge in [-0.2, -0.15) is 0 Å². The number of methoxy groups -OCH3 is 1. The molecule has 0 aliphatic rings. The number of esters is 3. The molecular weight excluding hydrogens is 826 g/mol. The Bertz CT molecular complexity index is 1720. The molecule has 0 spiro atoms. The molecule has 0 saturated heterocycles. The number of carbonyl (C=O) groups excluding carboxylic acids is 4. The topological polar surface area (TPSA) is 110 Å². The van der Waals surface area contributed by atoms with E-state index in [1.165, 1.54) is 128 Å². The third-order valence-corrected chi connectivity index (χ3v) is 12.5. The van der Waals surface area contributed by atoms with Crippen molar-refractivity contribution in [3.05, 3.63) is 64.3 Å². The smallest absolute Gasteiger partial charge is 0.310 e. The summed E-state index contributed by atoms with van der Waals surface area (Å²) in [6.45, 7) is 5.84. The molecule has 64 heavy (non-hydrogen) atoms. The molecule has 2 aromatic carbocycles. The summed E-state index contributed by atoms with van der Waals surface area (Å²) in [5, 5.41) is 1.19. The number of hydrogen-bond donors (Lipinski definition) is 0. The average Bonchev–Trinajstić information content (AvgIpc) is 3.56. The van der Waals surface area contributed by atoms with E-state index < -0.39 is 12.1 Å². The van der Waals surface area contributed by atoms with Crippen LogP contribution < -0.4 is 4.74 Å². The number of rotatable bonds is 37. The number of hydrogen-bond acceptors (Lipinski definition) is 8. The van der Waals surface area contributed by atoms with Crippen LogP contribution in [0.3, 0.4) is 0 Å². The molecule has 3 rings (SSSR count). The lowest BCUT2D eigenvalue weighted by molar-refractivity contribution is -0.166. The summed E-state index contributed by atoms with van der Waals surface area (Å²) in [5.41, 5.74) is 2.22. The monoisotopic (exact) mass is 908 g/mol. The first-order valence-corrected chi connectivity index (χ1v) is 25.5. The zero-order chi connectivity index (χ0) is 46.2. The second-order valence-electron chi connectivity index (χ2n) is 17.7. The molecule has 3 aromatic rings. The number of aromatic nitrogens is 1. The molecule has 0 bridgehead atoms. The Hall–Kier alpha value is -3.85. The Balaban J connectivity index is 1.53. The van der Waals surface area contributed by atoms with E-state index in [1.807, 2.05) is 0 Å². The zero-order valence-electron chi connectivity index (χ0n) is 40.1. The molecule has 0 unspecified atom stereocenters. The van der Waals surface area contributed by atoms with Crippen molar-refractivity contribution in [1.82, 2.24) is 4.57 Å². The molecule has 1 aromatic heterocycles. The van der Waals surface area contributed by atoms with Gasteiger partial charge in [0.1, 0.15) is 19.0 Å². The molecule has 9 nitrogen and oxygen atoms in total. The molecule has 0 saturated carbocycles. The van der Waals surface area contributed by atoms with Crippen LogP contribution >= 0.6 is 11.6 Å². The molecule has 0 amide bonds. The van der Waals surface area contributed by atoms with Gasteiger partial charge < -0.3 is 18.9 Å². The number of nitrogens with zero attached hydrogens (tertiary/aromatic N) is 1. The van der Waals surface area contributed by atoms with E-state index in [4.69, 9.17) is 30.5 Å². The number of carbonyl (C=O) groups is 4. The van der Waals surface area contributed by atoms with Crippen LogP contribution in [0.15, 0.2) is 42.5 Å². The highest BCUT2D eigenvalue weighted by Gasteiger charge is 2.25. The fourth-order valence-corrected chi connectivity index (χ4v) is 8.50. The summed E-state index contributed by atoms with van der Waals surface area (Å²) < 4.78 is 24.2. The number of fused-ring (bicyclic) bond motifs is 1. The van der Waals surface area contributed by atoms with Gasteiger partial charge in [-0.05, 0) is 67.8 Å². The Morgan fingerprint density at radius 1 is 0.562 bits per heavy atom. The molecule has 0 atom stereocenters. The van der Waals surface area contributed by atoms with Gasteiger partial charge in [0.05, 0.1) is 19.0 Å². The van der Waals surface area contributed by atoms with E-state index in [0.29, 0.717) is 38.5 Å². The number of benzene rings is 2. The Morgan fingerprint density at radius 3 is 1.41 bits per heavy atom. The van der Waals surface area contributed by atoms with Crippen molar-refractivity contribution in [1.29, 1.82) is 0 Å². The van der Waals surface area contributed by atoms with E-state index in [9.17, 15) is 19.2 Å². The van der Waals surface area contributed by atoms with Crippen LogP contribution in [0.4, 0.5) is 0 Å². The summed E-state index contributed by atoms with van der Waals surface area (Å²) in [5.74, 6) is -1.04. The van der Waals surface area contributed by atoms with Crippen LogP contribution in [-0.4, -0.2) is 54.8 Å². The van der Waals surface area contributed by atoms with Crippen molar-refractivity contribution in [3.63, 3.8) is 0 Å². The first-order chi connectivity index (χ1) is 31.2. The number of unbranched alkanes of at least 4 members (excludes halogenated alkanes) is 24. The van der Waals surface area contributed by atoms with E-state index >= 15 is 0 Å². The van der Waals surface area contributed by atoms with E-state index in [0.717, 1.165) is 38.5 Å². The molecule has 0 N–H and O–H groups in total. The Kier molecular flexibility index (Phi) is 28.6. The quantitative estimate of drug-likeness (QED) is 0.0320. The first kappa shape index (κ1) is 54.5. The molecule has 10 heteroatoms. The highest BCUT2D eigenvalue weighted by Crippen LogP contribution is 2.31. The normalized spacial score (nSPS) is 11.3. The van der Waals surface area contributed by atoms with E-state index in [2.05, 4.69) is 13.8 Å². The molecule has 358 valence electrons. The van der Waals surface area contributed by atoms with Crippen LogP contribution in [0, 0.1) is 6.92 Å². The van der Waals surface area contributed by atoms with Crippen molar-refractivity contribution in [2.45, 2.75) is 213 Å². The summed E-state index contributed by atoms with van der Waals surface area (Å²) in [7, 11) is 1.56. The van der Waals surface area contributed by atoms with Gasteiger partial charge >= 0.3 is 17.9 Å². The summed E-state index contributed by atoms with van der Waals surface area (Å²) in [4.78, 5) is 53.2. The molecule has 0 radical (unpaired) electrons. The van der Waals surface area contributed by atoms with Crippen LogP contribution in [0.2, 0.25) is 5.02 Å². The standard InChI is InChI=1S/C54H82ClNO8/c1-5-7-9-11-13-15-17-19-21-23-25-27-29-31-51(57)62-41-47(42-63-52(58)32-30-28-26-24-22-20-18-16-14-12-10-8-6-2)64-53(59)40-48-43(3)56(50-38-37-46(61-4)39-49(48)50)54(60)44-33-35-45(55)36-34-44/h33-39,47H,5-32,40-42H2,1-4H3. The van der Waals surface area contributed by atoms with Gasteiger partial charge in [-0.3, -0.25) is 23.7 Å². The maximum atomic E-state index is 13.8. The summed E-state index contributed by atoms with van der Waals surface area (Å²) in [6, 6.07) is 12.0. The van der Waals surface area contributed by atoms with Crippen molar-refractivity contribution in [3.8, 4) is 5.75 Å². The van der Waals surface area contributed by atoms with Crippen molar-refractivity contribution < 1.29 is 38.1 Å². The molecule has 1 heterocycles.